The van der Waals surface area contributed by atoms with E-state index < -0.39 is 14.4 Å². The smallest absolute Gasteiger partial charge is 0.154 e. The van der Waals surface area contributed by atoms with Gasteiger partial charge in [-0.1, -0.05) is 55.5 Å². The van der Waals surface area contributed by atoms with Gasteiger partial charge in [-0.3, -0.25) is 0 Å². The quantitative estimate of drug-likeness (QED) is 0.832. The molecular formula is C15H24O2Si. The van der Waals surface area contributed by atoms with Crippen molar-refractivity contribution < 1.29 is 9.84 Å². The highest BCUT2D eigenvalue weighted by molar-refractivity contribution is 6.92. The van der Waals surface area contributed by atoms with Crippen LogP contribution in [0, 0.1) is 5.92 Å². The molecule has 2 rings (SSSR count). The number of aliphatic hydroxyl groups is 1. The van der Waals surface area contributed by atoms with Crippen LogP contribution in [0.5, 0.6) is 0 Å². The summed E-state index contributed by atoms with van der Waals surface area (Å²) in [7, 11) is -1.79. The van der Waals surface area contributed by atoms with E-state index >= 15 is 0 Å². The van der Waals surface area contributed by atoms with Crippen LogP contribution in [0.25, 0.3) is 0 Å². The van der Waals surface area contributed by atoms with Crippen molar-refractivity contribution in [1.29, 1.82) is 0 Å². The number of benzene rings is 1. The van der Waals surface area contributed by atoms with Gasteiger partial charge in [0.25, 0.3) is 0 Å². The molecule has 1 heterocycles. The molecule has 1 N–H and O–H groups in total. The Bertz CT molecular complexity index is 404. The maximum absolute atomic E-state index is 9.87. The van der Waals surface area contributed by atoms with Crippen LogP contribution >= 0.6 is 0 Å². The molecule has 3 atom stereocenters. The summed E-state index contributed by atoms with van der Waals surface area (Å²) in [6.07, 6.45) is 1.21. The molecule has 0 bridgehead atoms. The molecule has 1 aliphatic heterocycles. The number of rotatable bonds is 2. The van der Waals surface area contributed by atoms with E-state index in [1.807, 2.05) is 0 Å². The third kappa shape index (κ3) is 2.15. The van der Waals surface area contributed by atoms with Gasteiger partial charge in [-0.25, -0.2) is 0 Å². The first-order valence-electron chi connectivity index (χ1n) is 6.79. The Morgan fingerprint density at radius 3 is 2.44 bits per heavy atom. The van der Waals surface area contributed by atoms with E-state index in [1.165, 1.54) is 5.19 Å². The van der Waals surface area contributed by atoms with Gasteiger partial charge < -0.3 is 9.84 Å². The Kier molecular flexibility index (Phi) is 3.67. The third-order valence-electron chi connectivity index (χ3n) is 4.90. The average Bonchev–Trinajstić information content (AvgIpc) is 2.35. The summed E-state index contributed by atoms with van der Waals surface area (Å²) in [5.41, 5.74) is 0. The van der Waals surface area contributed by atoms with Gasteiger partial charge in [0.2, 0.25) is 0 Å². The fraction of sp³-hybridized carbons (Fsp3) is 0.600. The van der Waals surface area contributed by atoms with Crippen molar-refractivity contribution in [3.63, 3.8) is 0 Å². The Labute approximate surface area is 111 Å². The second kappa shape index (κ2) is 4.80. The van der Waals surface area contributed by atoms with Crippen molar-refractivity contribution >= 4 is 13.3 Å². The molecule has 1 fully saturated rings. The zero-order valence-corrected chi connectivity index (χ0v) is 12.8. The molecule has 0 spiro atoms. The second-order valence-electron chi connectivity index (χ2n) is 6.15. The van der Waals surface area contributed by atoms with Gasteiger partial charge in [0.1, 0.15) is 8.07 Å². The van der Waals surface area contributed by atoms with Crippen molar-refractivity contribution in [3.05, 3.63) is 30.3 Å². The Hall–Kier alpha value is -0.643. The highest BCUT2D eigenvalue weighted by Gasteiger charge is 2.51. The predicted molar refractivity (Wildman–Crippen MR) is 77.5 cm³/mol. The molecule has 0 amide bonds. The van der Waals surface area contributed by atoms with Crippen molar-refractivity contribution in [1.82, 2.24) is 0 Å². The van der Waals surface area contributed by atoms with Crippen LogP contribution < -0.4 is 5.19 Å². The first-order valence-corrected chi connectivity index (χ1v) is 9.79. The predicted octanol–water partition coefficient (Wildman–Crippen LogP) is 2.66. The molecule has 0 saturated carbocycles. The molecule has 0 radical (unpaired) electrons. The SMILES string of the molecule is CC1CCC(O)OC1(C)[Si](C)(C)c1ccccc1. The van der Waals surface area contributed by atoms with Gasteiger partial charge in [0.05, 0.1) is 5.22 Å². The van der Waals surface area contributed by atoms with Crippen LogP contribution in [-0.2, 0) is 4.74 Å². The summed E-state index contributed by atoms with van der Waals surface area (Å²) in [6, 6.07) is 10.6. The van der Waals surface area contributed by atoms with Gasteiger partial charge in [-0.2, -0.15) is 0 Å². The lowest BCUT2D eigenvalue weighted by Crippen LogP contribution is -2.67. The topological polar surface area (TPSA) is 29.5 Å². The molecule has 1 aromatic rings. The Morgan fingerprint density at radius 1 is 1.22 bits per heavy atom. The minimum atomic E-state index is -1.79. The average molecular weight is 264 g/mol. The molecular weight excluding hydrogens is 240 g/mol. The van der Waals surface area contributed by atoms with Gasteiger partial charge in [-0.05, 0) is 25.7 Å². The minimum absolute atomic E-state index is 0.202. The molecule has 1 aromatic carbocycles. The fourth-order valence-corrected chi connectivity index (χ4v) is 6.44. The molecule has 100 valence electrons. The van der Waals surface area contributed by atoms with E-state index in [9.17, 15) is 5.11 Å². The lowest BCUT2D eigenvalue weighted by Gasteiger charge is -2.50. The lowest BCUT2D eigenvalue weighted by molar-refractivity contribution is -0.196. The van der Waals surface area contributed by atoms with Crippen molar-refractivity contribution in [2.75, 3.05) is 0 Å². The standard InChI is InChI=1S/C15H24O2Si/c1-12-10-11-14(16)17-15(12,2)18(3,4)13-8-6-5-7-9-13/h5-9,12,14,16H,10-11H2,1-4H3. The normalized spacial score (nSPS) is 33.4. The van der Waals surface area contributed by atoms with E-state index in [0.29, 0.717) is 5.92 Å². The second-order valence-corrected chi connectivity index (χ2v) is 11.0. The van der Waals surface area contributed by atoms with Gasteiger partial charge in [-0.15, -0.1) is 0 Å². The lowest BCUT2D eigenvalue weighted by atomic mass is 9.96. The highest BCUT2D eigenvalue weighted by Crippen LogP contribution is 2.39. The van der Waals surface area contributed by atoms with Crippen LogP contribution in [0.2, 0.25) is 13.1 Å². The number of aliphatic hydroxyl groups excluding tert-OH is 1. The van der Waals surface area contributed by atoms with Crippen molar-refractivity contribution in [2.24, 2.45) is 5.92 Å². The molecule has 3 heteroatoms. The monoisotopic (exact) mass is 264 g/mol. The maximum Gasteiger partial charge on any atom is 0.154 e. The number of hydrogen-bond acceptors (Lipinski definition) is 2. The fourth-order valence-electron chi connectivity index (χ4n) is 3.03. The molecule has 3 unspecified atom stereocenters. The number of hydrogen-bond donors (Lipinski definition) is 1. The van der Waals surface area contributed by atoms with E-state index in [0.717, 1.165) is 12.8 Å². The van der Waals surface area contributed by atoms with Crippen LogP contribution in [0.4, 0.5) is 0 Å². The van der Waals surface area contributed by atoms with Crippen molar-refractivity contribution in [3.8, 4) is 0 Å². The Balaban J connectivity index is 2.38. The summed E-state index contributed by atoms with van der Waals surface area (Å²) in [5, 5.41) is 11.1. The molecule has 18 heavy (non-hydrogen) atoms. The van der Waals surface area contributed by atoms with Crippen LogP contribution in [-0.4, -0.2) is 24.7 Å². The van der Waals surface area contributed by atoms with Crippen LogP contribution in [0.1, 0.15) is 26.7 Å². The van der Waals surface area contributed by atoms with Gasteiger partial charge >= 0.3 is 0 Å². The van der Waals surface area contributed by atoms with Crippen molar-refractivity contribution in [2.45, 2.75) is 51.3 Å². The molecule has 1 aliphatic rings. The van der Waals surface area contributed by atoms with E-state index in [1.54, 1.807) is 0 Å². The van der Waals surface area contributed by atoms with E-state index in [-0.39, 0.29) is 5.22 Å². The largest absolute Gasteiger partial charge is 0.368 e. The third-order valence-corrected chi connectivity index (χ3v) is 9.77. The molecule has 2 nitrogen and oxygen atoms in total. The first kappa shape index (κ1) is 13.8. The van der Waals surface area contributed by atoms with Crippen LogP contribution in [0.15, 0.2) is 30.3 Å². The highest BCUT2D eigenvalue weighted by atomic mass is 28.3. The van der Waals surface area contributed by atoms with E-state index in [4.69, 9.17) is 4.74 Å². The zero-order chi connectivity index (χ0) is 13.4. The summed E-state index contributed by atoms with van der Waals surface area (Å²) in [6.45, 7) is 9.14. The van der Waals surface area contributed by atoms with Gasteiger partial charge in [0, 0.05) is 0 Å². The zero-order valence-electron chi connectivity index (χ0n) is 11.8. The Morgan fingerprint density at radius 2 is 1.83 bits per heavy atom. The molecule has 1 saturated heterocycles. The summed E-state index contributed by atoms with van der Waals surface area (Å²) >= 11 is 0. The van der Waals surface area contributed by atoms with Crippen LogP contribution in [0.3, 0.4) is 0 Å². The maximum atomic E-state index is 9.87. The molecule has 0 aromatic heterocycles. The van der Waals surface area contributed by atoms with Gasteiger partial charge in [0.15, 0.2) is 6.29 Å². The first-order chi connectivity index (χ1) is 8.38. The van der Waals surface area contributed by atoms with E-state index in [2.05, 4.69) is 57.3 Å². The molecule has 0 aliphatic carbocycles. The summed E-state index contributed by atoms with van der Waals surface area (Å²) < 4.78 is 6.02. The summed E-state index contributed by atoms with van der Waals surface area (Å²) in [4.78, 5) is 0. The summed E-state index contributed by atoms with van der Waals surface area (Å²) in [5.74, 6) is 0.489. The number of ether oxygens (including phenoxy) is 1. The minimum Gasteiger partial charge on any atom is -0.368 e.